The number of rotatable bonds is 14. The Morgan fingerprint density at radius 2 is 1.56 bits per heavy atom. The van der Waals surface area contributed by atoms with Crippen LogP contribution in [-0.2, 0) is 32.8 Å². The van der Waals surface area contributed by atoms with Gasteiger partial charge in [-0.1, -0.05) is 49.4 Å². The summed E-state index contributed by atoms with van der Waals surface area (Å²) in [6.07, 6.45) is 1.78. The molecule has 0 aliphatic rings. The van der Waals surface area contributed by atoms with Crippen LogP contribution in [0.4, 0.5) is 5.69 Å². The lowest BCUT2D eigenvalue weighted by atomic mass is 10.1. The van der Waals surface area contributed by atoms with E-state index < -0.39 is 28.5 Å². The summed E-state index contributed by atoms with van der Waals surface area (Å²) in [7, 11) is -2.29. The van der Waals surface area contributed by atoms with Crippen molar-refractivity contribution < 1.29 is 27.5 Å². The largest absolute Gasteiger partial charge is 0.497 e. The molecule has 0 radical (unpaired) electrons. The number of methoxy groups -OCH3 is 1. The summed E-state index contributed by atoms with van der Waals surface area (Å²) < 4.78 is 37.9. The molecule has 3 aromatic carbocycles. The van der Waals surface area contributed by atoms with Gasteiger partial charge < -0.3 is 19.7 Å². The Hall–Kier alpha value is -4.05. The van der Waals surface area contributed by atoms with Gasteiger partial charge in [-0.25, -0.2) is 8.42 Å². The minimum Gasteiger partial charge on any atom is -0.497 e. The van der Waals surface area contributed by atoms with Crippen LogP contribution in [0.25, 0.3) is 0 Å². The first-order chi connectivity index (χ1) is 19.5. The summed E-state index contributed by atoms with van der Waals surface area (Å²) in [5.74, 6) is 0.335. The van der Waals surface area contributed by atoms with E-state index >= 15 is 0 Å². The molecule has 3 rings (SSSR count). The zero-order valence-corrected chi connectivity index (χ0v) is 25.1. The molecule has 0 heterocycles. The van der Waals surface area contributed by atoms with Crippen LogP contribution in [0.1, 0.15) is 38.3 Å². The minimum atomic E-state index is -3.84. The van der Waals surface area contributed by atoms with Gasteiger partial charge in [-0.2, -0.15) is 0 Å². The van der Waals surface area contributed by atoms with Gasteiger partial charge in [0.2, 0.25) is 21.8 Å². The number of carbonyl (C=O) groups is 2. The molecule has 0 aromatic heterocycles. The highest BCUT2D eigenvalue weighted by Gasteiger charge is 2.30. The van der Waals surface area contributed by atoms with Crippen LogP contribution in [-0.4, -0.2) is 57.1 Å². The number of carbonyl (C=O) groups excluding carboxylic acids is 2. The number of hydrogen-bond acceptors (Lipinski definition) is 6. The predicted molar refractivity (Wildman–Crippen MR) is 160 cm³/mol. The van der Waals surface area contributed by atoms with Crippen molar-refractivity contribution in [3.8, 4) is 11.5 Å². The van der Waals surface area contributed by atoms with Crippen LogP contribution >= 0.6 is 0 Å². The molecule has 0 bridgehead atoms. The van der Waals surface area contributed by atoms with Crippen molar-refractivity contribution in [2.45, 2.75) is 52.4 Å². The lowest BCUT2D eigenvalue weighted by Gasteiger charge is -2.32. The van der Waals surface area contributed by atoms with E-state index in [4.69, 9.17) is 9.47 Å². The van der Waals surface area contributed by atoms with Crippen LogP contribution in [0.5, 0.6) is 11.5 Å². The molecule has 2 atom stereocenters. The van der Waals surface area contributed by atoms with Crippen LogP contribution in [0.2, 0.25) is 0 Å². The highest BCUT2D eigenvalue weighted by atomic mass is 32.2. The Morgan fingerprint density at radius 3 is 2.17 bits per heavy atom. The molecule has 0 aliphatic carbocycles. The lowest BCUT2D eigenvalue weighted by Crippen LogP contribution is -2.52. The summed E-state index contributed by atoms with van der Waals surface area (Å²) in [5, 5.41) is 2.91. The van der Waals surface area contributed by atoms with Crippen molar-refractivity contribution in [3.63, 3.8) is 0 Å². The van der Waals surface area contributed by atoms with Crippen molar-refractivity contribution >= 4 is 27.5 Å². The third-order valence-corrected chi connectivity index (χ3v) is 7.85. The molecule has 41 heavy (non-hydrogen) atoms. The second kappa shape index (κ2) is 14.5. The highest BCUT2D eigenvalue weighted by molar-refractivity contribution is 7.92. The minimum absolute atomic E-state index is 0.0751. The zero-order chi connectivity index (χ0) is 30.0. The molecule has 3 aromatic rings. The zero-order valence-electron chi connectivity index (χ0n) is 24.2. The molecule has 10 heteroatoms. The second-order valence-corrected chi connectivity index (χ2v) is 11.8. The van der Waals surface area contributed by atoms with Gasteiger partial charge >= 0.3 is 0 Å². The maximum atomic E-state index is 13.7. The molecule has 0 aliphatic heterocycles. The molecular weight excluding hydrogens is 542 g/mol. The number of hydrogen-bond donors (Lipinski definition) is 1. The van der Waals surface area contributed by atoms with Crippen molar-refractivity contribution in [3.05, 3.63) is 90.0 Å². The first kappa shape index (κ1) is 31.5. The number of sulfonamides is 1. The quantitative estimate of drug-likeness (QED) is 0.303. The average molecular weight is 582 g/mol. The molecule has 0 saturated heterocycles. The topological polar surface area (TPSA) is 105 Å². The molecule has 2 amide bonds. The van der Waals surface area contributed by atoms with E-state index in [0.29, 0.717) is 23.8 Å². The van der Waals surface area contributed by atoms with Crippen LogP contribution < -0.4 is 19.1 Å². The Balaban J connectivity index is 1.83. The van der Waals surface area contributed by atoms with Gasteiger partial charge in [-0.3, -0.25) is 13.9 Å². The molecular formula is C31H39N3O6S. The number of ether oxygens (including phenoxy) is 2. The van der Waals surface area contributed by atoms with Crippen molar-refractivity contribution in [2.75, 3.05) is 24.2 Å². The van der Waals surface area contributed by atoms with Gasteiger partial charge in [0.25, 0.3) is 0 Å². The van der Waals surface area contributed by atoms with Gasteiger partial charge in [0.1, 0.15) is 30.7 Å². The second-order valence-electron chi connectivity index (χ2n) is 9.90. The number of anilines is 1. The average Bonchev–Trinajstić information content (AvgIpc) is 2.97. The number of benzene rings is 3. The molecule has 1 N–H and O–H groups in total. The van der Waals surface area contributed by atoms with Crippen molar-refractivity contribution in [2.24, 2.45) is 0 Å². The Kier molecular flexibility index (Phi) is 11.2. The lowest BCUT2D eigenvalue weighted by molar-refractivity contribution is -0.139. The monoisotopic (exact) mass is 581 g/mol. The van der Waals surface area contributed by atoms with Gasteiger partial charge in [-0.15, -0.1) is 0 Å². The molecule has 0 unspecified atom stereocenters. The number of nitrogens with zero attached hydrogens (tertiary/aromatic N) is 2. The fraction of sp³-hybridized carbons (Fsp3) is 0.355. The normalized spacial score (nSPS) is 12.6. The summed E-state index contributed by atoms with van der Waals surface area (Å²) in [5.41, 5.74) is 2.06. The van der Waals surface area contributed by atoms with Crippen molar-refractivity contribution in [1.82, 2.24) is 10.2 Å². The van der Waals surface area contributed by atoms with E-state index in [1.165, 1.54) is 4.90 Å². The standard InChI is InChI=1S/C31H39N3O6S/c1-6-23(2)32-31(36)24(3)33(20-26-13-10-14-29(19-26)39-4)30(35)21-34(41(5,37)38)27-15-17-28(18-16-27)40-22-25-11-8-7-9-12-25/h7-19,23-24H,6,20-22H2,1-5H3,(H,32,36)/t23-,24+/m1/s1. The summed E-state index contributed by atoms with van der Waals surface area (Å²) in [6, 6.07) is 22.5. The molecule has 0 fully saturated rings. The van der Waals surface area contributed by atoms with E-state index in [1.807, 2.05) is 50.2 Å². The van der Waals surface area contributed by atoms with E-state index in [0.717, 1.165) is 28.1 Å². The smallest absolute Gasteiger partial charge is 0.244 e. The number of amides is 2. The first-order valence-electron chi connectivity index (χ1n) is 13.5. The Morgan fingerprint density at radius 1 is 0.902 bits per heavy atom. The molecule has 9 nitrogen and oxygen atoms in total. The predicted octanol–water partition coefficient (Wildman–Crippen LogP) is 4.37. The summed E-state index contributed by atoms with van der Waals surface area (Å²) in [6.45, 7) is 5.46. The first-order valence-corrected chi connectivity index (χ1v) is 15.3. The molecule has 220 valence electrons. The van der Waals surface area contributed by atoms with Gasteiger partial charge in [0.05, 0.1) is 19.1 Å². The summed E-state index contributed by atoms with van der Waals surface area (Å²) >= 11 is 0. The molecule has 0 spiro atoms. The third kappa shape index (κ3) is 9.24. The summed E-state index contributed by atoms with van der Waals surface area (Å²) in [4.78, 5) is 28.2. The fourth-order valence-corrected chi connectivity index (χ4v) is 4.93. The van der Waals surface area contributed by atoms with Gasteiger partial charge in [0.15, 0.2) is 0 Å². The SMILES string of the molecule is CC[C@@H](C)NC(=O)[C@H](C)N(Cc1cccc(OC)c1)C(=O)CN(c1ccc(OCc2ccccc2)cc1)S(C)(=O)=O. The Bertz CT molecular complexity index is 1400. The van der Waals surface area contributed by atoms with Gasteiger partial charge in [0, 0.05) is 12.6 Å². The molecule has 0 saturated carbocycles. The van der Waals surface area contributed by atoms with E-state index in [9.17, 15) is 18.0 Å². The van der Waals surface area contributed by atoms with Crippen LogP contribution in [0.15, 0.2) is 78.9 Å². The maximum absolute atomic E-state index is 13.7. The third-order valence-electron chi connectivity index (χ3n) is 6.71. The van der Waals surface area contributed by atoms with Crippen LogP contribution in [0.3, 0.4) is 0 Å². The van der Waals surface area contributed by atoms with E-state index in [2.05, 4.69) is 5.32 Å². The van der Waals surface area contributed by atoms with Crippen molar-refractivity contribution in [1.29, 1.82) is 0 Å². The fourth-order valence-electron chi connectivity index (χ4n) is 4.08. The van der Waals surface area contributed by atoms with Crippen LogP contribution in [0, 0.1) is 0 Å². The highest BCUT2D eigenvalue weighted by Crippen LogP contribution is 2.23. The Labute approximate surface area is 243 Å². The number of nitrogens with one attached hydrogen (secondary N) is 1. The maximum Gasteiger partial charge on any atom is 0.244 e. The van der Waals surface area contributed by atoms with E-state index in [1.54, 1.807) is 56.5 Å². The van der Waals surface area contributed by atoms with Gasteiger partial charge in [-0.05, 0) is 67.8 Å². The van der Waals surface area contributed by atoms with E-state index in [-0.39, 0.29) is 18.5 Å².